The Morgan fingerprint density at radius 2 is 1.59 bits per heavy atom. The van der Waals surface area contributed by atoms with Crippen LogP contribution >= 0.6 is 27.5 Å². The second-order valence-corrected chi connectivity index (χ2v) is 10.3. The largest absolute Gasteiger partial charge is 0.489 e. The van der Waals surface area contributed by atoms with E-state index in [2.05, 4.69) is 47.2 Å². The molecule has 0 bridgehead atoms. The van der Waals surface area contributed by atoms with Crippen molar-refractivity contribution in [2.24, 2.45) is 0 Å². The molecular weight excluding hydrogens is 576 g/mol. The molecule has 0 atom stereocenters. The number of hydrogen-bond donors (Lipinski definition) is 1. The van der Waals surface area contributed by atoms with Gasteiger partial charge >= 0.3 is 0 Å². The third-order valence-electron chi connectivity index (χ3n) is 6.03. The molecule has 0 radical (unpaired) electrons. The van der Waals surface area contributed by atoms with Crippen LogP contribution in [0.2, 0.25) is 5.02 Å². The van der Waals surface area contributed by atoms with Gasteiger partial charge in [-0.15, -0.1) is 0 Å². The van der Waals surface area contributed by atoms with Crippen molar-refractivity contribution < 1.29 is 14.3 Å². The molecule has 1 N–H and O–H groups in total. The maximum absolute atomic E-state index is 12.9. The van der Waals surface area contributed by atoms with Crippen molar-refractivity contribution in [2.45, 2.75) is 27.1 Å². The number of nitriles is 1. The molecule has 0 unspecified atom stereocenters. The van der Waals surface area contributed by atoms with E-state index in [9.17, 15) is 10.1 Å². The minimum atomic E-state index is -0.541. The van der Waals surface area contributed by atoms with Crippen LogP contribution in [0.3, 0.4) is 0 Å². The van der Waals surface area contributed by atoms with Crippen LogP contribution in [0.5, 0.6) is 11.5 Å². The van der Waals surface area contributed by atoms with Crippen LogP contribution in [-0.4, -0.2) is 5.91 Å². The molecule has 0 aromatic heterocycles. The van der Waals surface area contributed by atoms with Gasteiger partial charge in [-0.25, -0.2) is 0 Å². The Balaban J connectivity index is 1.42. The lowest BCUT2D eigenvalue weighted by Crippen LogP contribution is -2.13. The third-order valence-corrected chi connectivity index (χ3v) is 6.80. The number of aryl methyl sites for hydroxylation is 2. The number of carbonyl (C=O) groups is 1. The molecule has 196 valence electrons. The predicted octanol–water partition coefficient (Wildman–Crippen LogP) is 8.42. The fourth-order valence-corrected chi connectivity index (χ4v) is 4.15. The van der Waals surface area contributed by atoms with Gasteiger partial charge in [0.15, 0.2) is 0 Å². The molecule has 0 spiro atoms. The number of carbonyl (C=O) groups excluding carboxylic acids is 1. The Kier molecular flexibility index (Phi) is 9.43. The number of halogens is 2. The van der Waals surface area contributed by atoms with Crippen LogP contribution in [0.1, 0.15) is 27.8 Å². The van der Waals surface area contributed by atoms with Crippen LogP contribution in [0, 0.1) is 25.2 Å². The first-order valence-corrected chi connectivity index (χ1v) is 13.4. The van der Waals surface area contributed by atoms with Gasteiger partial charge in [-0.3, -0.25) is 4.79 Å². The minimum Gasteiger partial charge on any atom is -0.489 e. The van der Waals surface area contributed by atoms with E-state index in [1.807, 2.05) is 36.4 Å². The number of amides is 1. The molecular formula is C32H26BrClN2O3. The van der Waals surface area contributed by atoms with Gasteiger partial charge < -0.3 is 14.8 Å². The number of nitrogens with one attached hydrogen (secondary N) is 1. The topological polar surface area (TPSA) is 71.3 Å². The van der Waals surface area contributed by atoms with Crippen molar-refractivity contribution >= 4 is 45.2 Å². The fourth-order valence-electron chi connectivity index (χ4n) is 3.70. The summed E-state index contributed by atoms with van der Waals surface area (Å²) in [5.41, 5.74) is 5.44. The molecule has 0 aliphatic rings. The van der Waals surface area contributed by atoms with E-state index < -0.39 is 5.91 Å². The van der Waals surface area contributed by atoms with Gasteiger partial charge in [0.25, 0.3) is 5.91 Å². The van der Waals surface area contributed by atoms with Crippen LogP contribution in [-0.2, 0) is 18.0 Å². The normalized spacial score (nSPS) is 11.0. The first-order valence-electron chi connectivity index (χ1n) is 12.2. The van der Waals surface area contributed by atoms with Gasteiger partial charge in [-0.1, -0.05) is 57.9 Å². The number of nitrogens with zero attached hydrogens (tertiary/aromatic N) is 1. The van der Waals surface area contributed by atoms with Crippen molar-refractivity contribution in [1.29, 1.82) is 5.26 Å². The molecule has 0 aliphatic heterocycles. The fraction of sp³-hybridized carbons (Fsp3) is 0.125. The lowest BCUT2D eigenvalue weighted by atomic mass is 10.1. The zero-order chi connectivity index (χ0) is 27.8. The van der Waals surface area contributed by atoms with Gasteiger partial charge in [0, 0.05) is 20.7 Å². The summed E-state index contributed by atoms with van der Waals surface area (Å²) in [6.45, 7) is 4.88. The van der Waals surface area contributed by atoms with E-state index in [0.717, 1.165) is 15.6 Å². The molecule has 0 saturated carbocycles. The molecule has 0 aliphatic carbocycles. The summed E-state index contributed by atoms with van der Waals surface area (Å²) in [6.07, 6.45) is 1.48. The quantitative estimate of drug-likeness (QED) is 0.154. The van der Waals surface area contributed by atoms with Crippen LogP contribution in [0.15, 0.2) is 95.0 Å². The summed E-state index contributed by atoms with van der Waals surface area (Å²) in [7, 11) is 0. The first kappa shape index (κ1) is 28.0. The molecule has 4 aromatic rings. The molecule has 4 aromatic carbocycles. The number of anilines is 1. The highest BCUT2D eigenvalue weighted by atomic mass is 79.9. The average Bonchev–Trinajstić information content (AvgIpc) is 2.93. The van der Waals surface area contributed by atoms with E-state index >= 15 is 0 Å². The number of rotatable bonds is 9. The number of benzene rings is 4. The lowest BCUT2D eigenvalue weighted by molar-refractivity contribution is -0.112. The summed E-state index contributed by atoms with van der Waals surface area (Å²) in [5.74, 6) is 0.642. The molecule has 39 heavy (non-hydrogen) atoms. The Morgan fingerprint density at radius 3 is 2.28 bits per heavy atom. The van der Waals surface area contributed by atoms with E-state index in [-0.39, 0.29) is 5.57 Å². The Labute approximate surface area is 241 Å². The van der Waals surface area contributed by atoms with Crippen molar-refractivity contribution in [3.8, 4) is 17.6 Å². The van der Waals surface area contributed by atoms with Crippen LogP contribution < -0.4 is 14.8 Å². The standard InChI is InChI=1S/C32H26BrClN2O3/c1-21-3-4-24(15-22(21)2)20-39-31-14-9-28(34)17-25(31)16-26(18-35)32(37)36-29-10-12-30(13-11-29)38-19-23-5-7-27(33)8-6-23/h3-17H,19-20H2,1-2H3,(H,36,37)/b26-16+. The van der Waals surface area contributed by atoms with Crippen molar-refractivity contribution in [1.82, 2.24) is 0 Å². The zero-order valence-electron chi connectivity index (χ0n) is 21.5. The van der Waals surface area contributed by atoms with E-state index in [0.29, 0.717) is 41.0 Å². The summed E-state index contributed by atoms with van der Waals surface area (Å²) >= 11 is 9.63. The summed E-state index contributed by atoms with van der Waals surface area (Å²) in [4.78, 5) is 12.9. The summed E-state index contributed by atoms with van der Waals surface area (Å²) in [6, 6.07) is 28.1. The molecule has 4 rings (SSSR count). The highest BCUT2D eigenvalue weighted by molar-refractivity contribution is 9.10. The lowest BCUT2D eigenvalue weighted by Gasteiger charge is -2.12. The van der Waals surface area contributed by atoms with Crippen molar-refractivity contribution in [2.75, 3.05) is 5.32 Å². The average molecular weight is 602 g/mol. The van der Waals surface area contributed by atoms with E-state index in [1.54, 1.807) is 42.5 Å². The highest BCUT2D eigenvalue weighted by Crippen LogP contribution is 2.27. The van der Waals surface area contributed by atoms with Crippen LogP contribution in [0.25, 0.3) is 6.08 Å². The molecule has 0 heterocycles. The minimum absolute atomic E-state index is 0.0798. The third kappa shape index (κ3) is 7.97. The smallest absolute Gasteiger partial charge is 0.266 e. The van der Waals surface area contributed by atoms with Gasteiger partial charge in [0.05, 0.1) is 0 Å². The number of hydrogen-bond acceptors (Lipinski definition) is 4. The zero-order valence-corrected chi connectivity index (χ0v) is 23.8. The Hall–Kier alpha value is -4.05. The Morgan fingerprint density at radius 1 is 0.897 bits per heavy atom. The second kappa shape index (κ2) is 13.1. The molecule has 5 nitrogen and oxygen atoms in total. The molecule has 1 amide bonds. The molecule has 7 heteroatoms. The molecule has 0 saturated heterocycles. The van der Waals surface area contributed by atoms with E-state index in [4.69, 9.17) is 21.1 Å². The SMILES string of the molecule is Cc1ccc(COc2ccc(Cl)cc2/C=C(\C#N)C(=O)Nc2ccc(OCc3ccc(Br)cc3)cc2)cc1C. The summed E-state index contributed by atoms with van der Waals surface area (Å²) in [5, 5.41) is 13.0. The second-order valence-electron chi connectivity index (χ2n) is 8.95. The predicted molar refractivity (Wildman–Crippen MR) is 159 cm³/mol. The monoisotopic (exact) mass is 600 g/mol. The van der Waals surface area contributed by atoms with E-state index in [1.165, 1.54) is 17.2 Å². The van der Waals surface area contributed by atoms with Gasteiger partial charge in [-0.05, 0) is 96.8 Å². The number of ether oxygens (including phenoxy) is 2. The van der Waals surface area contributed by atoms with Crippen LogP contribution in [0.4, 0.5) is 5.69 Å². The van der Waals surface area contributed by atoms with Crippen molar-refractivity contribution in [3.63, 3.8) is 0 Å². The maximum atomic E-state index is 12.9. The molecule has 0 fully saturated rings. The van der Waals surface area contributed by atoms with Gasteiger partial charge in [0.1, 0.15) is 36.4 Å². The van der Waals surface area contributed by atoms with Gasteiger partial charge in [0.2, 0.25) is 0 Å². The Bertz CT molecular complexity index is 1540. The highest BCUT2D eigenvalue weighted by Gasteiger charge is 2.13. The van der Waals surface area contributed by atoms with Crippen molar-refractivity contribution in [3.05, 3.63) is 128 Å². The van der Waals surface area contributed by atoms with Gasteiger partial charge in [-0.2, -0.15) is 5.26 Å². The first-order chi connectivity index (χ1) is 18.8. The maximum Gasteiger partial charge on any atom is 0.266 e. The summed E-state index contributed by atoms with van der Waals surface area (Å²) < 4.78 is 12.9.